The summed E-state index contributed by atoms with van der Waals surface area (Å²) in [6.07, 6.45) is 0. The van der Waals surface area contributed by atoms with E-state index in [1.165, 1.54) is 35.4 Å². The Morgan fingerprint density at radius 2 is 1.67 bits per heavy atom. The first-order valence-corrected chi connectivity index (χ1v) is 11.9. The molecule has 0 aliphatic rings. The molecule has 0 fully saturated rings. The van der Waals surface area contributed by atoms with Crippen molar-refractivity contribution >= 4 is 55.2 Å². The van der Waals surface area contributed by atoms with Crippen LogP contribution in [0.25, 0.3) is 10.2 Å². The van der Waals surface area contributed by atoms with Gasteiger partial charge in [0.2, 0.25) is 5.95 Å². The fourth-order valence-electron chi connectivity index (χ4n) is 2.64. The minimum atomic E-state index is -3.80. The van der Waals surface area contributed by atoms with E-state index in [0.717, 1.165) is 14.6 Å². The van der Waals surface area contributed by atoms with Gasteiger partial charge in [-0.15, -0.1) is 21.0 Å². The van der Waals surface area contributed by atoms with Gasteiger partial charge in [-0.1, -0.05) is 12.1 Å². The number of para-hydroxylation sites is 1. The number of thiazole rings is 1. The van der Waals surface area contributed by atoms with Crippen molar-refractivity contribution in [3.05, 3.63) is 66.0 Å². The van der Waals surface area contributed by atoms with E-state index in [1.54, 1.807) is 32.0 Å². The lowest BCUT2D eigenvalue weighted by atomic mass is 10.3. The third kappa shape index (κ3) is 4.81. The highest BCUT2D eigenvalue weighted by atomic mass is 32.2. The Balaban J connectivity index is 1.44. The lowest BCUT2D eigenvalue weighted by molar-refractivity contribution is 0.601. The van der Waals surface area contributed by atoms with E-state index in [4.69, 9.17) is 0 Å². The third-order valence-electron chi connectivity index (χ3n) is 3.90. The van der Waals surface area contributed by atoms with Crippen LogP contribution in [0.2, 0.25) is 0 Å². The smallest absolute Gasteiger partial charge is 0.247 e. The van der Waals surface area contributed by atoms with Gasteiger partial charge in [0.1, 0.15) is 0 Å². The summed E-state index contributed by atoms with van der Waals surface area (Å²) < 4.78 is 33.5. The maximum absolute atomic E-state index is 12.6. The number of aryl methyl sites for hydroxylation is 2. The Morgan fingerprint density at radius 3 is 2.37 bits per heavy atom. The summed E-state index contributed by atoms with van der Waals surface area (Å²) >= 11 is 2.71. The molecule has 0 atom stereocenters. The molecule has 0 saturated heterocycles. The Labute approximate surface area is 181 Å². The van der Waals surface area contributed by atoms with Gasteiger partial charge in [-0.25, -0.2) is 28.1 Å². The lowest BCUT2D eigenvalue weighted by Gasteiger charge is -2.08. The predicted octanol–water partition coefficient (Wildman–Crippen LogP) is 5.29. The first kappa shape index (κ1) is 20.4. The second kappa shape index (κ2) is 8.46. The van der Waals surface area contributed by atoms with Crippen LogP contribution in [0.4, 0.5) is 11.6 Å². The molecule has 8 nitrogen and oxygen atoms in total. The Morgan fingerprint density at radius 1 is 0.967 bits per heavy atom. The topological polar surface area (TPSA) is 110 Å². The number of sulfonamides is 1. The average molecular weight is 457 g/mol. The first-order valence-electron chi connectivity index (χ1n) is 8.78. The molecular weight excluding hydrogens is 440 g/mol. The number of aromatic nitrogens is 3. The molecule has 0 bridgehead atoms. The molecule has 2 aromatic heterocycles. The number of hydrogen-bond donors (Lipinski definition) is 1. The van der Waals surface area contributed by atoms with E-state index in [0.29, 0.717) is 17.1 Å². The molecule has 30 heavy (non-hydrogen) atoms. The summed E-state index contributed by atoms with van der Waals surface area (Å²) in [5.41, 5.74) is 2.82. The van der Waals surface area contributed by atoms with Crippen LogP contribution in [0, 0.1) is 13.8 Å². The molecule has 0 aliphatic carbocycles. The van der Waals surface area contributed by atoms with Crippen molar-refractivity contribution in [3.8, 4) is 0 Å². The minimum absolute atomic E-state index is 0.0449. The predicted molar refractivity (Wildman–Crippen MR) is 119 cm³/mol. The average Bonchev–Trinajstić information content (AvgIpc) is 3.10. The van der Waals surface area contributed by atoms with Gasteiger partial charge in [-0.3, -0.25) is 0 Å². The van der Waals surface area contributed by atoms with Gasteiger partial charge in [0.05, 0.1) is 32.7 Å². The van der Waals surface area contributed by atoms with E-state index in [2.05, 4.69) is 29.3 Å². The molecule has 0 saturated carbocycles. The highest BCUT2D eigenvalue weighted by molar-refractivity contribution is 7.99. The van der Waals surface area contributed by atoms with Crippen LogP contribution in [0.1, 0.15) is 11.4 Å². The SMILES string of the molecule is Cc1cc(C)nc(NS(=O)(=O)c2ccc(N=NSc3nc4ccccc4s3)cc2)n1. The molecule has 0 spiro atoms. The first-order chi connectivity index (χ1) is 14.4. The summed E-state index contributed by atoms with van der Waals surface area (Å²) in [5.74, 6) is 0.0449. The summed E-state index contributed by atoms with van der Waals surface area (Å²) in [6.45, 7) is 3.55. The summed E-state index contributed by atoms with van der Waals surface area (Å²) in [6, 6.07) is 15.7. The van der Waals surface area contributed by atoms with Gasteiger partial charge in [0.25, 0.3) is 10.0 Å². The number of nitrogens with one attached hydrogen (secondary N) is 1. The number of nitrogens with zero attached hydrogens (tertiary/aromatic N) is 5. The largest absolute Gasteiger partial charge is 0.264 e. The molecule has 4 rings (SSSR count). The van der Waals surface area contributed by atoms with Gasteiger partial charge >= 0.3 is 0 Å². The molecular formula is C19H16N6O2S3. The van der Waals surface area contributed by atoms with Gasteiger partial charge in [0, 0.05) is 11.4 Å². The van der Waals surface area contributed by atoms with Crippen molar-refractivity contribution in [2.45, 2.75) is 23.1 Å². The maximum atomic E-state index is 12.6. The number of hydrogen-bond acceptors (Lipinski definition) is 9. The van der Waals surface area contributed by atoms with Crippen molar-refractivity contribution in [1.82, 2.24) is 15.0 Å². The van der Waals surface area contributed by atoms with Crippen LogP contribution >= 0.6 is 23.3 Å². The van der Waals surface area contributed by atoms with Gasteiger partial charge in [0.15, 0.2) is 4.34 Å². The van der Waals surface area contributed by atoms with Crippen molar-refractivity contribution < 1.29 is 8.42 Å². The second-order valence-electron chi connectivity index (χ2n) is 6.29. The molecule has 11 heteroatoms. The lowest BCUT2D eigenvalue weighted by Crippen LogP contribution is -2.15. The molecule has 0 unspecified atom stereocenters. The zero-order chi connectivity index (χ0) is 21.1. The standard InChI is InChI=1S/C19H16N6O2S3/c1-12-11-13(2)21-18(20-12)24-30(26,27)15-9-7-14(8-10-15)23-25-29-19-22-16-5-3-4-6-17(16)28-19/h3-11H,1-2H3,(H,20,21,24). The molecule has 1 N–H and O–H groups in total. The monoisotopic (exact) mass is 456 g/mol. The molecule has 0 radical (unpaired) electrons. The molecule has 2 aromatic carbocycles. The van der Waals surface area contributed by atoms with E-state index >= 15 is 0 Å². The van der Waals surface area contributed by atoms with Crippen LogP contribution < -0.4 is 4.72 Å². The van der Waals surface area contributed by atoms with Crippen molar-refractivity contribution in [3.63, 3.8) is 0 Å². The van der Waals surface area contributed by atoms with Crippen molar-refractivity contribution in [2.75, 3.05) is 4.72 Å². The van der Waals surface area contributed by atoms with E-state index in [-0.39, 0.29) is 10.8 Å². The highest BCUT2D eigenvalue weighted by Crippen LogP contribution is 2.31. The van der Waals surface area contributed by atoms with Crippen LogP contribution in [0.5, 0.6) is 0 Å². The third-order valence-corrected chi connectivity index (χ3v) is 6.96. The fraction of sp³-hybridized carbons (Fsp3) is 0.105. The quantitative estimate of drug-likeness (QED) is 0.312. The number of anilines is 1. The van der Waals surface area contributed by atoms with Gasteiger partial charge in [-0.2, -0.15) is 0 Å². The molecule has 2 heterocycles. The van der Waals surface area contributed by atoms with Crippen LogP contribution in [-0.4, -0.2) is 23.4 Å². The molecule has 0 amide bonds. The number of fused-ring (bicyclic) bond motifs is 1. The minimum Gasteiger partial charge on any atom is -0.247 e. The zero-order valence-corrected chi connectivity index (χ0v) is 18.4. The van der Waals surface area contributed by atoms with E-state index in [9.17, 15) is 8.42 Å². The van der Waals surface area contributed by atoms with Crippen LogP contribution in [0.3, 0.4) is 0 Å². The zero-order valence-electron chi connectivity index (χ0n) is 16.0. The Hall–Kier alpha value is -2.89. The number of benzene rings is 2. The Kier molecular flexibility index (Phi) is 5.75. The highest BCUT2D eigenvalue weighted by Gasteiger charge is 2.16. The summed E-state index contributed by atoms with van der Waals surface area (Å²) in [4.78, 5) is 12.8. The second-order valence-corrected chi connectivity index (χ2v) is 10.00. The Bertz CT molecular complexity index is 1280. The van der Waals surface area contributed by atoms with Gasteiger partial charge in [-0.05, 0) is 56.3 Å². The normalized spacial score (nSPS) is 11.9. The van der Waals surface area contributed by atoms with Crippen molar-refractivity contribution in [1.29, 1.82) is 0 Å². The summed E-state index contributed by atoms with van der Waals surface area (Å²) in [5, 5.41) is 4.12. The summed E-state index contributed by atoms with van der Waals surface area (Å²) in [7, 11) is -3.80. The molecule has 4 aromatic rings. The fourth-order valence-corrected chi connectivity index (χ4v) is 5.14. The van der Waals surface area contributed by atoms with Crippen molar-refractivity contribution in [2.24, 2.45) is 9.63 Å². The molecule has 0 aliphatic heterocycles. The van der Waals surface area contributed by atoms with Crippen LogP contribution in [0.15, 0.2) is 73.5 Å². The van der Waals surface area contributed by atoms with Gasteiger partial charge < -0.3 is 0 Å². The maximum Gasteiger partial charge on any atom is 0.264 e. The molecule has 152 valence electrons. The van der Waals surface area contributed by atoms with E-state index in [1.807, 2.05) is 24.3 Å². The van der Waals surface area contributed by atoms with E-state index < -0.39 is 10.0 Å². The van der Waals surface area contributed by atoms with Crippen LogP contribution in [-0.2, 0) is 10.0 Å². The number of rotatable bonds is 6.